The quantitative estimate of drug-likeness (QED) is 0.753. The summed E-state index contributed by atoms with van der Waals surface area (Å²) in [5.74, 6) is 0.549. The molecule has 7 heteroatoms. The summed E-state index contributed by atoms with van der Waals surface area (Å²) in [7, 11) is 1.64. The van der Waals surface area contributed by atoms with Crippen molar-refractivity contribution in [3.63, 3.8) is 0 Å². The van der Waals surface area contributed by atoms with Gasteiger partial charge in [0, 0.05) is 17.5 Å². The van der Waals surface area contributed by atoms with Crippen molar-refractivity contribution in [1.82, 2.24) is 14.8 Å². The molecule has 3 aromatic rings. The minimum atomic E-state index is -0.209. The molecular weight excluding hydrogens is 336 g/mol. The number of anilines is 1. The number of ether oxygens (including phenoxy) is 1. The molecule has 2 heterocycles. The van der Waals surface area contributed by atoms with Gasteiger partial charge in [0.2, 0.25) is 0 Å². The Balaban J connectivity index is 1.85. The molecule has 0 saturated heterocycles. The number of nitrogens with zero attached hydrogens (tertiary/aromatic N) is 3. The molecule has 3 rings (SSSR count). The lowest BCUT2D eigenvalue weighted by Gasteiger charge is -2.07. The topological polar surface area (TPSA) is 69.0 Å². The highest BCUT2D eigenvalue weighted by Gasteiger charge is 2.16. The number of hydrogen-bond donors (Lipinski definition) is 1. The minimum Gasteiger partial charge on any atom is -0.496 e. The van der Waals surface area contributed by atoms with Crippen LogP contribution in [0.2, 0.25) is 0 Å². The largest absolute Gasteiger partial charge is 0.496 e. The van der Waals surface area contributed by atoms with E-state index in [0.717, 1.165) is 28.3 Å². The van der Waals surface area contributed by atoms with Crippen molar-refractivity contribution in [3.05, 3.63) is 46.6 Å². The van der Waals surface area contributed by atoms with Gasteiger partial charge in [-0.1, -0.05) is 11.6 Å². The predicted octanol–water partition coefficient (Wildman–Crippen LogP) is 3.90. The maximum atomic E-state index is 12.5. The molecule has 0 aliphatic carbocycles. The molecule has 1 aromatic carbocycles. The van der Waals surface area contributed by atoms with Crippen LogP contribution in [0.1, 0.15) is 28.7 Å². The molecule has 0 fully saturated rings. The van der Waals surface area contributed by atoms with Gasteiger partial charge in [0.1, 0.15) is 11.4 Å². The second-order valence-electron chi connectivity index (χ2n) is 5.68. The normalized spacial score (nSPS) is 10.7. The summed E-state index contributed by atoms with van der Waals surface area (Å²) in [5.41, 5.74) is 4.16. The first-order chi connectivity index (χ1) is 12.0. The smallest absolute Gasteiger partial charge is 0.275 e. The number of nitrogens with one attached hydrogen (secondary N) is 1. The standard InChI is InChI=1S/C18H20N4O2S/c1-5-22-15(9-12(3)21-22)17(23)20-18-19-14(10-25-18)13-8-11(2)6-7-16(13)24-4/h6-10H,5H2,1-4H3,(H,19,20,23). The number of carbonyl (C=O) groups is 1. The minimum absolute atomic E-state index is 0.209. The SMILES string of the molecule is CCn1nc(C)cc1C(=O)Nc1nc(-c2cc(C)ccc2OC)cs1. The summed E-state index contributed by atoms with van der Waals surface area (Å²) in [6.07, 6.45) is 0. The van der Waals surface area contributed by atoms with E-state index in [1.165, 1.54) is 11.3 Å². The molecule has 0 radical (unpaired) electrons. The first-order valence-corrected chi connectivity index (χ1v) is 8.86. The Morgan fingerprint density at radius 3 is 2.84 bits per heavy atom. The van der Waals surface area contributed by atoms with E-state index in [0.29, 0.717) is 17.4 Å². The number of aryl methyl sites for hydroxylation is 3. The Labute approximate surface area is 150 Å². The van der Waals surface area contributed by atoms with Crippen LogP contribution < -0.4 is 10.1 Å². The van der Waals surface area contributed by atoms with Gasteiger partial charge in [0.05, 0.1) is 18.5 Å². The number of aromatic nitrogens is 3. The molecule has 1 amide bonds. The Bertz CT molecular complexity index is 914. The summed E-state index contributed by atoms with van der Waals surface area (Å²) >= 11 is 1.38. The van der Waals surface area contributed by atoms with Crippen molar-refractivity contribution in [2.45, 2.75) is 27.3 Å². The summed E-state index contributed by atoms with van der Waals surface area (Å²) in [6.45, 7) is 6.48. The van der Waals surface area contributed by atoms with Crippen LogP contribution >= 0.6 is 11.3 Å². The molecule has 0 saturated carbocycles. The summed E-state index contributed by atoms with van der Waals surface area (Å²) < 4.78 is 7.10. The molecule has 1 N–H and O–H groups in total. The fourth-order valence-electron chi connectivity index (χ4n) is 2.61. The van der Waals surface area contributed by atoms with Gasteiger partial charge in [-0.15, -0.1) is 11.3 Å². The zero-order chi connectivity index (χ0) is 18.0. The van der Waals surface area contributed by atoms with Gasteiger partial charge in [0.25, 0.3) is 5.91 Å². The number of carbonyl (C=O) groups excluding carboxylic acids is 1. The van der Waals surface area contributed by atoms with E-state index in [2.05, 4.69) is 15.4 Å². The van der Waals surface area contributed by atoms with Gasteiger partial charge in [-0.25, -0.2) is 4.98 Å². The van der Waals surface area contributed by atoms with Gasteiger partial charge in [-0.05, 0) is 39.0 Å². The van der Waals surface area contributed by atoms with E-state index in [1.807, 2.05) is 44.4 Å². The predicted molar refractivity (Wildman–Crippen MR) is 99.4 cm³/mol. The van der Waals surface area contributed by atoms with Crippen LogP contribution in [0.15, 0.2) is 29.6 Å². The molecule has 25 heavy (non-hydrogen) atoms. The van der Waals surface area contributed by atoms with Crippen molar-refractivity contribution in [2.75, 3.05) is 12.4 Å². The maximum absolute atomic E-state index is 12.5. The molecule has 0 unspecified atom stereocenters. The number of thiazole rings is 1. The maximum Gasteiger partial charge on any atom is 0.275 e. The number of hydrogen-bond acceptors (Lipinski definition) is 5. The van der Waals surface area contributed by atoms with Crippen LogP contribution in [0, 0.1) is 13.8 Å². The van der Waals surface area contributed by atoms with Crippen molar-refractivity contribution >= 4 is 22.4 Å². The molecule has 0 aliphatic rings. The highest BCUT2D eigenvalue weighted by atomic mass is 32.1. The number of methoxy groups -OCH3 is 1. The molecule has 2 aromatic heterocycles. The first-order valence-electron chi connectivity index (χ1n) is 7.98. The third kappa shape index (κ3) is 3.56. The van der Waals surface area contributed by atoms with E-state index in [4.69, 9.17) is 4.74 Å². The van der Waals surface area contributed by atoms with Gasteiger partial charge in [0.15, 0.2) is 5.13 Å². The Kier molecular flexibility index (Phi) is 4.85. The second-order valence-corrected chi connectivity index (χ2v) is 6.54. The second kappa shape index (κ2) is 7.06. The molecule has 130 valence electrons. The molecule has 0 aliphatic heterocycles. The monoisotopic (exact) mass is 356 g/mol. The van der Waals surface area contributed by atoms with Crippen LogP contribution in [0.25, 0.3) is 11.3 Å². The van der Waals surface area contributed by atoms with Crippen LogP contribution in [0.5, 0.6) is 5.75 Å². The van der Waals surface area contributed by atoms with E-state index >= 15 is 0 Å². The fraction of sp³-hybridized carbons (Fsp3) is 0.278. The molecule has 6 nitrogen and oxygen atoms in total. The third-order valence-corrected chi connectivity index (χ3v) is 4.55. The van der Waals surface area contributed by atoms with Crippen molar-refractivity contribution in [3.8, 4) is 17.0 Å². The summed E-state index contributed by atoms with van der Waals surface area (Å²) in [4.78, 5) is 17.0. The average Bonchev–Trinajstić information content (AvgIpc) is 3.21. The lowest BCUT2D eigenvalue weighted by molar-refractivity contribution is 0.101. The zero-order valence-electron chi connectivity index (χ0n) is 14.7. The zero-order valence-corrected chi connectivity index (χ0v) is 15.5. The van der Waals surface area contributed by atoms with Crippen molar-refractivity contribution in [2.24, 2.45) is 0 Å². The van der Waals surface area contributed by atoms with E-state index in [1.54, 1.807) is 17.9 Å². The van der Waals surface area contributed by atoms with Gasteiger partial charge in [-0.3, -0.25) is 14.8 Å². The van der Waals surface area contributed by atoms with E-state index in [-0.39, 0.29) is 5.91 Å². The average molecular weight is 356 g/mol. The molecular formula is C18H20N4O2S. The number of amides is 1. The van der Waals surface area contributed by atoms with Gasteiger partial charge < -0.3 is 4.74 Å². The first kappa shape index (κ1) is 17.2. The third-order valence-electron chi connectivity index (χ3n) is 3.79. The number of rotatable bonds is 5. The molecule has 0 bridgehead atoms. The van der Waals surface area contributed by atoms with Crippen LogP contribution in [0.4, 0.5) is 5.13 Å². The highest BCUT2D eigenvalue weighted by molar-refractivity contribution is 7.14. The van der Waals surface area contributed by atoms with E-state index in [9.17, 15) is 4.79 Å². The lowest BCUT2D eigenvalue weighted by Crippen LogP contribution is -2.17. The molecule has 0 spiro atoms. The Hall–Kier alpha value is -2.67. The fourth-order valence-corrected chi connectivity index (χ4v) is 3.31. The van der Waals surface area contributed by atoms with Crippen LogP contribution in [-0.2, 0) is 6.54 Å². The van der Waals surface area contributed by atoms with Crippen LogP contribution in [-0.4, -0.2) is 27.8 Å². The van der Waals surface area contributed by atoms with E-state index < -0.39 is 0 Å². The van der Waals surface area contributed by atoms with Gasteiger partial charge >= 0.3 is 0 Å². The Morgan fingerprint density at radius 2 is 2.12 bits per heavy atom. The lowest BCUT2D eigenvalue weighted by atomic mass is 10.1. The van der Waals surface area contributed by atoms with Crippen molar-refractivity contribution < 1.29 is 9.53 Å². The summed E-state index contributed by atoms with van der Waals surface area (Å²) in [6, 6.07) is 7.71. The highest BCUT2D eigenvalue weighted by Crippen LogP contribution is 2.33. The molecule has 0 atom stereocenters. The number of benzene rings is 1. The summed E-state index contributed by atoms with van der Waals surface area (Å²) in [5, 5.41) is 9.61. The Morgan fingerprint density at radius 1 is 1.32 bits per heavy atom. The van der Waals surface area contributed by atoms with Crippen molar-refractivity contribution in [1.29, 1.82) is 0 Å². The van der Waals surface area contributed by atoms with Gasteiger partial charge in [-0.2, -0.15) is 5.10 Å². The van der Waals surface area contributed by atoms with Crippen LogP contribution in [0.3, 0.4) is 0 Å².